The van der Waals surface area contributed by atoms with Crippen molar-refractivity contribution >= 4 is 44.3 Å². The second-order valence-corrected chi connectivity index (χ2v) is 7.79. The molecule has 0 aromatic heterocycles. The summed E-state index contributed by atoms with van der Waals surface area (Å²) in [6, 6.07) is 11.5. The van der Waals surface area contributed by atoms with Crippen LogP contribution >= 0.6 is 11.6 Å². The third-order valence-corrected chi connectivity index (χ3v) is 4.90. The topological polar surface area (TPSA) is 91.3 Å². The van der Waals surface area contributed by atoms with Crippen molar-refractivity contribution in [2.24, 2.45) is 0 Å². The molecule has 26 heavy (non-hydrogen) atoms. The Bertz CT molecular complexity index is 979. The van der Waals surface area contributed by atoms with Gasteiger partial charge in [-0.25, -0.2) is 8.42 Å². The summed E-state index contributed by atoms with van der Waals surface area (Å²) in [5.41, 5.74) is -0.409. The van der Waals surface area contributed by atoms with Gasteiger partial charge in [0.2, 0.25) is 0 Å². The Morgan fingerprint density at radius 3 is 1.96 bits per heavy atom. The Kier molecular flexibility index (Phi) is 7.80. The normalized spacial score (nSPS) is 12.0. The predicted molar refractivity (Wildman–Crippen MR) is 93.5 cm³/mol. The van der Waals surface area contributed by atoms with E-state index in [4.69, 9.17) is 11.6 Å². The summed E-state index contributed by atoms with van der Waals surface area (Å²) < 4.78 is 24.1. The van der Waals surface area contributed by atoms with Crippen molar-refractivity contribution in [1.82, 2.24) is 0 Å². The summed E-state index contributed by atoms with van der Waals surface area (Å²) in [6.07, 6.45) is 0.991. The zero-order valence-electron chi connectivity index (χ0n) is 14.4. The van der Waals surface area contributed by atoms with Gasteiger partial charge in [0, 0.05) is 28.0 Å². The average Bonchev–Trinajstić information content (AvgIpc) is 2.52. The van der Waals surface area contributed by atoms with Crippen molar-refractivity contribution in [3.05, 3.63) is 64.7 Å². The first-order valence-electron chi connectivity index (χ1n) is 7.15. The molecule has 5 nitrogen and oxygen atoms in total. The zero-order valence-corrected chi connectivity index (χ0v) is 18.0. The minimum Gasteiger partial charge on any atom is -0.545 e. The molecule has 0 saturated carbocycles. The predicted octanol–water partition coefficient (Wildman–Crippen LogP) is -1.00. The van der Waals surface area contributed by atoms with E-state index in [1.54, 1.807) is 0 Å². The number of aliphatic carboxylic acids is 1. The van der Waals surface area contributed by atoms with Gasteiger partial charge in [0.05, 0.1) is 10.9 Å². The van der Waals surface area contributed by atoms with E-state index in [2.05, 4.69) is 0 Å². The Morgan fingerprint density at radius 2 is 1.50 bits per heavy atom. The van der Waals surface area contributed by atoms with E-state index >= 15 is 0 Å². The van der Waals surface area contributed by atoms with Crippen LogP contribution in [0, 0.1) is 0 Å². The molecule has 0 radical (unpaired) electrons. The molecule has 2 aromatic rings. The maximum Gasteiger partial charge on any atom is 1.00 e. The molecule has 0 bridgehead atoms. The zero-order chi connectivity index (χ0) is 18.8. The van der Waals surface area contributed by atoms with Crippen molar-refractivity contribution in [2.45, 2.75) is 11.8 Å². The summed E-state index contributed by atoms with van der Waals surface area (Å²) in [7, 11) is -3.68. The smallest absolute Gasteiger partial charge is 0.545 e. The van der Waals surface area contributed by atoms with Crippen molar-refractivity contribution in [3.8, 4) is 0 Å². The van der Waals surface area contributed by atoms with E-state index in [-0.39, 0.29) is 56.7 Å². The number of carbonyl (C=O) groups is 2. The Morgan fingerprint density at radius 1 is 0.962 bits per heavy atom. The first-order chi connectivity index (χ1) is 11.6. The Labute approximate surface area is 178 Å². The second kappa shape index (κ2) is 8.97. The van der Waals surface area contributed by atoms with Crippen LogP contribution in [0.4, 0.5) is 0 Å². The van der Waals surface area contributed by atoms with Crippen molar-refractivity contribution in [2.75, 3.05) is 6.26 Å². The first kappa shape index (κ1) is 22.6. The molecule has 0 N–H and O–H groups in total. The molecule has 0 amide bonds. The average molecular weight is 401 g/mol. The van der Waals surface area contributed by atoms with E-state index in [0.29, 0.717) is 5.02 Å². The van der Waals surface area contributed by atoms with E-state index in [0.717, 1.165) is 6.26 Å². The molecule has 130 valence electrons. The van der Waals surface area contributed by atoms with Gasteiger partial charge in [0.25, 0.3) is 0 Å². The van der Waals surface area contributed by atoms with Gasteiger partial charge in [-0.15, -0.1) is 0 Å². The van der Waals surface area contributed by atoms with E-state index in [1.165, 1.54) is 55.5 Å². The molecule has 0 aliphatic rings. The molecular weight excluding hydrogens is 387 g/mol. The number of hydrogen-bond donors (Lipinski definition) is 0. The van der Waals surface area contributed by atoms with Crippen LogP contribution in [0.1, 0.15) is 18.1 Å². The number of halogens is 1. The molecule has 0 atom stereocenters. The van der Waals surface area contributed by atoms with Crippen molar-refractivity contribution in [1.29, 1.82) is 0 Å². The van der Waals surface area contributed by atoms with Crippen LogP contribution in [0.5, 0.6) is 0 Å². The Balaban J connectivity index is 0.00000338. The van der Waals surface area contributed by atoms with Gasteiger partial charge in [0.15, 0.2) is 15.6 Å². The maximum absolute atomic E-state index is 12.2. The van der Waals surface area contributed by atoms with Crippen molar-refractivity contribution < 1.29 is 52.7 Å². The summed E-state index contributed by atoms with van der Waals surface area (Å²) >= 11 is 5.81. The second-order valence-electron chi connectivity index (χ2n) is 5.37. The van der Waals surface area contributed by atoms with Crippen LogP contribution in [-0.2, 0) is 19.4 Å². The van der Waals surface area contributed by atoms with Gasteiger partial charge in [-0.05, 0) is 30.7 Å². The minimum atomic E-state index is -3.68. The minimum absolute atomic E-state index is 0. The number of carboxylic acids is 1. The maximum atomic E-state index is 12.2. The molecule has 2 rings (SSSR count). The molecular formula is C18H14ClNaO5S. The molecule has 0 saturated heterocycles. The van der Waals surface area contributed by atoms with Crippen LogP contribution in [-0.4, -0.2) is 26.4 Å². The van der Waals surface area contributed by atoms with Crippen LogP contribution in [0.2, 0.25) is 5.02 Å². The molecule has 0 fully saturated rings. The number of Topliss-reactive ketones (excluding diaryl/α,β-unsaturated/α-hetero) is 1. The number of carbonyl (C=O) groups excluding carboxylic acids is 2. The van der Waals surface area contributed by atoms with E-state index < -0.39 is 21.6 Å². The van der Waals surface area contributed by atoms with Crippen molar-refractivity contribution in [3.63, 3.8) is 0 Å². The fourth-order valence-electron chi connectivity index (χ4n) is 2.48. The molecule has 2 aromatic carbocycles. The van der Waals surface area contributed by atoms with Crippen LogP contribution in [0.25, 0.3) is 11.1 Å². The molecule has 8 heteroatoms. The number of hydrogen-bond acceptors (Lipinski definition) is 5. The number of allylic oxidation sites excluding steroid dienone is 1. The molecule has 0 heterocycles. The number of carboxylic acid groups (broad SMARTS) is 1. The summed E-state index contributed by atoms with van der Waals surface area (Å²) in [5, 5.41) is 12.2. The number of sulfone groups is 1. The summed E-state index contributed by atoms with van der Waals surface area (Å²) in [6.45, 7) is 1.17. The van der Waals surface area contributed by atoms with Gasteiger partial charge >= 0.3 is 29.6 Å². The third-order valence-electron chi connectivity index (χ3n) is 3.49. The fourth-order valence-corrected chi connectivity index (χ4v) is 3.50. The van der Waals surface area contributed by atoms with Gasteiger partial charge in [-0.1, -0.05) is 41.9 Å². The number of ketones is 1. The summed E-state index contributed by atoms with van der Waals surface area (Å²) in [4.78, 5) is 23.9. The van der Waals surface area contributed by atoms with Crippen LogP contribution < -0.4 is 34.7 Å². The van der Waals surface area contributed by atoms with Gasteiger partial charge in [-0.3, -0.25) is 4.79 Å². The quantitative estimate of drug-likeness (QED) is 0.364. The van der Waals surface area contributed by atoms with Gasteiger partial charge in [-0.2, -0.15) is 0 Å². The molecule has 0 spiro atoms. The Hall–Kier alpha value is -1.44. The SMILES string of the molecule is CC(=O)C(=C(C(=O)[O-])c1ccc(Cl)cc1)c1ccccc1S(C)(=O)=O.[Na+]. The first-order valence-corrected chi connectivity index (χ1v) is 9.42. The van der Waals surface area contributed by atoms with Gasteiger partial charge < -0.3 is 9.90 Å². The monoisotopic (exact) mass is 400 g/mol. The molecule has 0 aliphatic carbocycles. The third kappa shape index (κ3) is 5.05. The molecule has 0 aliphatic heterocycles. The molecule has 0 unspecified atom stereocenters. The summed E-state index contributed by atoms with van der Waals surface area (Å²) in [5.74, 6) is -2.18. The largest absolute Gasteiger partial charge is 1.00 e. The van der Waals surface area contributed by atoms with E-state index in [1.807, 2.05) is 0 Å². The number of rotatable bonds is 5. The van der Waals surface area contributed by atoms with Gasteiger partial charge in [0.1, 0.15) is 0 Å². The van der Waals surface area contributed by atoms with E-state index in [9.17, 15) is 23.1 Å². The fraction of sp³-hybridized carbons (Fsp3) is 0.111. The standard InChI is InChI=1S/C18H15ClO5S.Na/c1-11(20)16(14-5-3-4-6-15(14)25(2,23)24)17(18(21)22)12-7-9-13(19)10-8-12;/h3-10H,1-2H3,(H,21,22);/q;+1/p-1. The van der Waals surface area contributed by atoms with Crippen LogP contribution in [0.3, 0.4) is 0 Å². The van der Waals surface area contributed by atoms with Crippen LogP contribution in [0.15, 0.2) is 53.4 Å². The number of benzene rings is 2.